The number of halogens is 4. The molecule has 0 atom stereocenters. The maximum Gasteiger partial charge on any atom is 0.484 e. The lowest BCUT2D eigenvalue weighted by Gasteiger charge is -2.22. The first kappa shape index (κ1) is 10.6. The Kier molecular flexibility index (Phi) is 3.05. The summed E-state index contributed by atoms with van der Waals surface area (Å²) in [6.07, 6.45) is -4.32. The molecule has 0 radical (unpaired) electrons. The lowest BCUT2D eigenvalue weighted by atomic mass is 10.3. The fraction of sp³-hybridized carbons (Fsp3) is 0.250. The van der Waals surface area contributed by atoms with Crippen LogP contribution in [0.1, 0.15) is 0 Å². The van der Waals surface area contributed by atoms with Gasteiger partial charge in [0.15, 0.2) is 0 Å². The van der Waals surface area contributed by atoms with E-state index in [0.717, 1.165) is 7.05 Å². The standard InChI is InChI=1S/C8H7F3IN/c1-13(8(9,10)11)7-5-3-2-4-6(7)12/h2-5H,1H3. The van der Waals surface area contributed by atoms with E-state index in [1.54, 1.807) is 18.2 Å². The molecule has 0 aliphatic heterocycles. The van der Waals surface area contributed by atoms with Crippen LogP contribution in [0.25, 0.3) is 0 Å². The van der Waals surface area contributed by atoms with Crippen molar-refractivity contribution in [3.8, 4) is 0 Å². The van der Waals surface area contributed by atoms with Crippen LogP contribution in [0.15, 0.2) is 24.3 Å². The van der Waals surface area contributed by atoms with Gasteiger partial charge in [-0.1, -0.05) is 12.1 Å². The van der Waals surface area contributed by atoms with Gasteiger partial charge in [0, 0.05) is 10.6 Å². The van der Waals surface area contributed by atoms with Crippen LogP contribution >= 0.6 is 22.6 Å². The Morgan fingerprint density at radius 2 is 1.77 bits per heavy atom. The molecule has 1 aromatic rings. The van der Waals surface area contributed by atoms with Crippen molar-refractivity contribution < 1.29 is 13.2 Å². The van der Waals surface area contributed by atoms with Gasteiger partial charge in [0.2, 0.25) is 0 Å². The number of nitrogens with zero attached hydrogens (tertiary/aromatic N) is 1. The van der Waals surface area contributed by atoms with Crippen LogP contribution in [-0.2, 0) is 0 Å². The smallest absolute Gasteiger partial charge is 0.286 e. The zero-order valence-electron chi connectivity index (χ0n) is 6.77. The van der Waals surface area contributed by atoms with Crippen LogP contribution in [0.3, 0.4) is 0 Å². The normalized spacial score (nSPS) is 11.5. The fourth-order valence-corrected chi connectivity index (χ4v) is 1.61. The van der Waals surface area contributed by atoms with Crippen molar-refractivity contribution in [2.45, 2.75) is 6.30 Å². The van der Waals surface area contributed by atoms with Gasteiger partial charge in [-0.15, -0.1) is 0 Å². The molecular weight excluding hydrogens is 294 g/mol. The molecule has 0 spiro atoms. The highest BCUT2D eigenvalue weighted by atomic mass is 127. The van der Waals surface area contributed by atoms with Gasteiger partial charge >= 0.3 is 6.30 Å². The summed E-state index contributed by atoms with van der Waals surface area (Å²) >= 11 is 1.87. The third-order valence-corrected chi connectivity index (χ3v) is 2.51. The highest BCUT2D eigenvalue weighted by Gasteiger charge is 2.35. The molecule has 0 saturated heterocycles. The molecule has 0 saturated carbocycles. The van der Waals surface area contributed by atoms with Gasteiger partial charge in [-0.3, -0.25) is 4.90 Å². The zero-order valence-corrected chi connectivity index (χ0v) is 8.93. The second kappa shape index (κ2) is 3.73. The Hall–Kier alpha value is -0.460. The van der Waals surface area contributed by atoms with E-state index in [4.69, 9.17) is 0 Å². The molecule has 0 bridgehead atoms. The van der Waals surface area contributed by atoms with Crippen molar-refractivity contribution in [3.63, 3.8) is 0 Å². The summed E-state index contributed by atoms with van der Waals surface area (Å²) in [4.78, 5) is 0.300. The maximum absolute atomic E-state index is 12.2. The highest BCUT2D eigenvalue weighted by molar-refractivity contribution is 14.1. The molecule has 0 aromatic heterocycles. The summed E-state index contributed by atoms with van der Waals surface area (Å²) in [6.45, 7) is 0. The minimum Gasteiger partial charge on any atom is -0.286 e. The summed E-state index contributed by atoms with van der Waals surface area (Å²) in [5, 5.41) is 0. The molecule has 0 unspecified atom stereocenters. The molecule has 13 heavy (non-hydrogen) atoms. The minimum absolute atomic E-state index is 0.176. The number of hydrogen-bond donors (Lipinski definition) is 0. The summed E-state index contributed by atoms with van der Waals surface area (Å²) in [5.41, 5.74) is 0.176. The van der Waals surface area contributed by atoms with Gasteiger partial charge in [-0.2, -0.15) is 13.2 Å². The number of hydrogen-bond acceptors (Lipinski definition) is 1. The second-order valence-corrected chi connectivity index (χ2v) is 3.64. The topological polar surface area (TPSA) is 3.24 Å². The molecule has 0 aliphatic rings. The van der Waals surface area contributed by atoms with Gasteiger partial charge in [0.05, 0.1) is 5.69 Å². The Morgan fingerprint density at radius 3 is 2.23 bits per heavy atom. The van der Waals surface area contributed by atoms with E-state index < -0.39 is 6.30 Å². The minimum atomic E-state index is -4.32. The maximum atomic E-state index is 12.2. The molecule has 1 rings (SSSR count). The van der Waals surface area contributed by atoms with Gasteiger partial charge in [-0.25, -0.2) is 0 Å². The predicted octanol–water partition coefficient (Wildman–Crippen LogP) is 3.25. The third-order valence-electron chi connectivity index (χ3n) is 1.59. The predicted molar refractivity (Wildman–Crippen MR) is 53.6 cm³/mol. The molecule has 0 N–H and O–H groups in total. The van der Waals surface area contributed by atoms with E-state index in [9.17, 15) is 13.2 Å². The van der Waals surface area contributed by atoms with Crippen LogP contribution in [-0.4, -0.2) is 13.3 Å². The second-order valence-electron chi connectivity index (χ2n) is 2.48. The fourth-order valence-electron chi connectivity index (χ4n) is 0.860. The Morgan fingerprint density at radius 1 is 1.23 bits per heavy atom. The molecular formula is C8H7F3IN. The number of benzene rings is 1. The summed E-state index contributed by atoms with van der Waals surface area (Å²) in [5.74, 6) is 0. The van der Waals surface area contributed by atoms with E-state index in [0.29, 0.717) is 8.47 Å². The third kappa shape index (κ3) is 2.49. The van der Waals surface area contributed by atoms with Crippen LogP contribution in [0.2, 0.25) is 0 Å². The number of anilines is 1. The molecule has 1 aromatic carbocycles. The molecule has 0 aliphatic carbocycles. The van der Waals surface area contributed by atoms with E-state index in [1.807, 2.05) is 22.6 Å². The van der Waals surface area contributed by atoms with Gasteiger partial charge in [0.25, 0.3) is 0 Å². The van der Waals surface area contributed by atoms with E-state index in [2.05, 4.69) is 0 Å². The van der Waals surface area contributed by atoms with Crippen LogP contribution in [0.5, 0.6) is 0 Å². The number of para-hydroxylation sites is 1. The van der Waals surface area contributed by atoms with Crippen LogP contribution < -0.4 is 4.90 Å². The largest absolute Gasteiger partial charge is 0.484 e. The first-order valence-electron chi connectivity index (χ1n) is 3.48. The Bertz CT molecular complexity index is 298. The van der Waals surface area contributed by atoms with Crippen molar-refractivity contribution in [2.24, 2.45) is 0 Å². The van der Waals surface area contributed by atoms with Crippen molar-refractivity contribution in [1.29, 1.82) is 0 Å². The first-order chi connectivity index (χ1) is 5.93. The van der Waals surface area contributed by atoms with Crippen LogP contribution in [0.4, 0.5) is 18.9 Å². The van der Waals surface area contributed by atoms with Crippen molar-refractivity contribution in [2.75, 3.05) is 11.9 Å². The van der Waals surface area contributed by atoms with Crippen molar-refractivity contribution >= 4 is 28.3 Å². The summed E-state index contributed by atoms with van der Waals surface area (Å²) in [6, 6.07) is 6.36. The lowest BCUT2D eigenvalue weighted by Crippen LogP contribution is -2.34. The van der Waals surface area contributed by atoms with Crippen molar-refractivity contribution in [1.82, 2.24) is 0 Å². The van der Waals surface area contributed by atoms with Crippen molar-refractivity contribution in [3.05, 3.63) is 27.8 Å². The molecule has 0 heterocycles. The molecule has 5 heteroatoms. The van der Waals surface area contributed by atoms with E-state index >= 15 is 0 Å². The average molecular weight is 301 g/mol. The number of rotatable bonds is 1. The SMILES string of the molecule is CN(c1ccccc1I)C(F)(F)F. The van der Waals surface area contributed by atoms with Gasteiger partial charge in [0.1, 0.15) is 0 Å². The summed E-state index contributed by atoms with van der Waals surface area (Å²) < 4.78 is 37.3. The lowest BCUT2D eigenvalue weighted by molar-refractivity contribution is -0.125. The van der Waals surface area contributed by atoms with Gasteiger partial charge in [-0.05, 0) is 34.7 Å². The Labute approximate surface area is 87.7 Å². The Balaban J connectivity index is 3.02. The quantitative estimate of drug-likeness (QED) is 0.568. The van der Waals surface area contributed by atoms with Gasteiger partial charge < -0.3 is 0 Å². The molecule has 1 nitrogen and oxygen atoms in total. The van der Waals surface area contributed by atoms with E-state index in [1.165, 1.54) is 6.07 Å². The first-order valence-corrected chi connectivity index (χ1v) is 4.56. The molecule has 72 valence electrons. The summed E-state index contributed by atoms with van der Waals surface area (Å²) in [7, 11) is 1.01. The highest BCUT2D eigenvalue weighted by Crippen LogP contribution is 2.29. The molecule has 0 fully saturated rings. The molecule has 0 amide bonds. The van der Waals surface area contributed by atoms with Crippen LogP contribution in [0, 0.1) is 3.57 Å². The van der Waals surface area contributed by atoms with E-state index in [-0.39, 0.29) is 5.69 Å². The number of alkyl halides is 3. The zero-order chi connectivity index (χ0) is 10.1. The monoisotopic (exact) mass is 301 g/mol. The average Bonchev–Trinajstić information content (AvgIpc) is 2.02.